The monoisotopic (exact) mass is 195 g/mol. The van der Waals surface area contributed by atoms with Crippen molar-refractivity contribution in [1.29, 1.82) is 0 Å². The van der Waals surface area contributed by atoms with E-state index in [0.717, 1.165) is 0 Å². The zero-order valence-corrected chi connectivity index (χ0v) is 8.00. The summed E-state index contributed by atoms with van der Waals surface area (Å²) in [6.45, 7) is 3.39. The van der Waals surface area contributed by atoms with Crippen LogP contribution in [0.1, 0.15) is 5.56 Å². The van der Waals surface area contributed by atoms with Gasteiger partial charge in [0.1, 0.15) is 5.75 Å². The zero-order chi connectivity index (χ0) is 9.73. The first-order valence-electron chi connectivity index (χ1n) is 3.87. The second kappa shape index (κ2) is 4.23. The molecule has 0 aliphatic heterocycles. The van der Waals surface area contributed by atoms with Crippen molar-refractivity contribution in [3.8, 4) is 0 Å². The van der Waals surface area contributed by atoms with Crippen LogP contribution in [0, 0.1) is 5.75 Å². The molecule has 0 N–H and O–H groups in total. The van der Waals surface area contributed by atoms with Gasteiger partial charge in [0.25, 0.3) is 0 Å². The number of rotatable bonds is 4. The molecule has 0 aliphatic rings. The van der Waals surface area contributed by atoms with Gasteiger partial charge in [-0.25, -0.2) is 8.42 Å². The van der Waals surface area contributed by atoms with Crippen molar-refractivity contribution in [2.24, 2.45) is 0 Å². The van der Waals surface area contributed by atoms with E-state index in [1.54, 1.807) is 24.3 Å². The Balaban J connectivity index is 2.75. The molecule has 1 rings (SSSR count). The molecule has 0 aromatic heterocycles. The van der Waals surface area contributed by atoms with Crippen LogP contribution in [0.4, 0.5) is 0 Å². The highest BCUT2D eigenvalue weighted by atomic mass is 32.2. The molecular weight excluding hydrogens is 184 g/mol. The molecule has 69 valence electrons. The first-order chi connectivity index (χ1) is 6.14. The van der Waals surface area contributed by atoms with Crippen molar-refractivity contribution in [1.82, 2.24) is 0 Å². The Hall–Kier alpha value is -1.09. The van der Waals surface area contributed by atoms with Gasteiger partial charge in [0.2, 0.25) is 0 Å². The van der Waals surface area contributed by atoms with Crippen LogP contribution in [0.15, 0.2) is 43.0 Å². The van der Waals surface area contributed by atoms with Gasteiger partial charge in [0.15, 0.2) is 9.84 Å². The summed E-state index contributed by atoms with van der Waals surface area (Å²) in [4.78, 5) is 0. The first-order valence-corrected chi connectivity index (χ1v) is 5.59. The van der Waals surface area contributed by atoms with Crippen LogP contribution in [-0.4, -0.2) is 14.2 Å². The molecule has 13 heavy (non-hydrogen) atoms. The Labute approximate surface area is 78.8 Å². The van der Waals surface area contributed by atoms with E-state index in [9.17, 15) is 8.42 Å². The third-order valence-electron chi connectivity index (χ3n) is 1.47. The second-order valence-electron chi connectivity index (χ2n) is 2.65. The Morgan fingerprint density at radius 2 is 1.85 bits per heavy atom. The topological polar surface area (TPSA) is 34.1 Å². The zero-order valence-electron chi connectivity index (χ0n) is 7.18. The number of benzene rings is 1. The molecule has 1 aromatic carbocycles. The summed E-state index contributed by atoms with van der Waals surface area (Å²) in [6, 6.07) is 8.95. The SMILES string of the molecule is C=CCS(=O)(=O)[CH]c1ccccc1. The van der Waals surface area contributed by atoms with E-state index in [-0.39, 0.29) is 5.75 Å². The van der Waals surface area contributed by atoms with E-state index in [1.165, 1.54) is 11.8 Å². The molecular formula is C10H11O2S. The summed E-state index contributed by atoms with van der Waals surface area (Å²) in [7, 11) is -3.13. The normalized spacial score (nSPS) is 11.1. The summed E-state index contributed by atoms with van der Waals surface area (Å²) < 4.78 is 22.5. The lowest BCUT2D eigenvalue weighted by Crippen LogP contribution is -2.04. The van der Waals surface area contributed by atoms with Gasteiger partial charge in [-0.3, -0.25) is 0 Å². The maximum atomic E-state index is 11.3. The van der Waals surface area contributed by atoms with Crippen molar-refractivity contribution in [2.45, 2.75) is 0 Å². The minimum atomic E-state index is -3.13. The van der Waals surface area contributed by atoms with Gasteiger partial charge in [-0.05, 0) is 5.56 Å². The fourth-order valence-electron chi connectivity index (χ4n) is 0.951. The van der Waals surface area contributed by atoms with E-state index in [1.807, 2.05) is 6.07 Å². The van der Waals surface area contributed by atoms with Crippen LogP contribution in [0.25, 0.3) is 0 Å². The highest BCUT2D eigenvalue weighted by Gasteiger charge is 2.09. The maximum absolute atomic E-state index is 11.3. The first kappa shape index (κ1) is 9.99. The van der Waals surface area contributed by atoms with Crippen LogP contribution in [-0.2, 0) is 9.84 Å². The third kappa shape index (κ3) is 3.42. The molecule has 2 nitrogen and oxygen atoms in total. The maximum Gasteiger partial charge on any atom is 0.162 e. The van der Waals surface area contributed by atoms with Crippen molar-refractivity contribution in [2.75, 3.05) is 5.75 Å². The van der Waals surface area contributed by atoms with Gasteiger partial charge in [0, 0.05) is 0 Å². The predicted molar refractivity (Wildman–Crippen MR) is 53.8 cm³/mol. The Morgan fingerprint density at radius 1 is 1.23 bits per heavy atom. The van der Waals surface area contributed by atoms with Gasteiger partial charge in [-0.1, -0.05) is 36.4 Å². The molecule has 0 heterocycles. The molecule has 0 aliphatic carbocycles. The van der Waals surface area contributed by atoms with Gasteiger partial charge < -0.3 is 0 Å². The lowest BCUT2D eigenvalue weighted by Gasteiger charge is -1.99. The Morgan fingerprint density at radius 3 is 2.38 bits per heavy atom. The molecule has 0 unspecified atom stereocenters. The lowest BCUT2D eigenvalue weighted by atomic mass is 10.2. The molecule has 3 heteroatoms. The number of hydrogen-bond acceptors (Lipinski definition) is 2. The average molecular weight is 195 g/mol. The molecule has 1 radical (unpaired) electrons. The van der Waals surface area contributed by atoms with Crippen molar-refractivity contribution < 1.29 is 8.42 Å². The van der Waals surface area contributed by atoms with Gasteiger partial charge in [-0.15, -0.1) is 6.58 Å². The average Bonchev–Trinajstić information content (AvgIpc) is 2.04. The summed E-state index contributed by atoms with van der Waals surface area (Å²) in [5.41, 5.74) is 0.698. The third-order valence-corrected chi connectivity index (χ3v) is 2.80. The summed E-state index contributed by atoms with van der Waals surface area (Å²) in [6.07, 6.45) is 1.38. The van der Waals surface area contributed by atoms with Gasteiger partial charge >= 0.3 is 0 Å². The van der Waals surface area contributed by atoms with Crippen LogP contribution in [0.3, 0.4) is 0 Å². The van der Waals surface area contributed by atoms with Crippen LogP contribution in [0.5, 0.6) is 0 Å². The highest BCUT2D eigenvalue weighted by molar-refractivity contribution is 7.93. The molecule has 0 saturated heterocycles. The largest absolute Gasteiger partial charge is 0.228 e. The number of sulfone groups is 1. The molecule has 0 spiro atoms. The lowest BCUT2D eigenvalue weighted by molar-refractivity contribution is 0.605. The van der Waals surface area contributed by atoms with Crippen molar-refractivity contribution >= 4 is 9.84 Å². The van der Waals surface area contributed by atoms with E-state index in [0.29, 0.717) is 5.56 Å². The molecule has 0 saturated carbocycles. The smallest absolute Gasteiger partial charge is 0.162 e. The van der Waals surface area contributed by atoms with Crippen molar-refractivity contribution in [3.63, 3.8) is 0 Å². The summed E-state index contributed by atoms with van der Waals surface area (Å²) >= 11 is 0. The van der Waals surface area contributed by atoms with E-state index < -0.39 is 9.84 Å². The molecule has 1 aromatic rings. The summed E-state index contributed by atoms with van der Waals surface area (Å²) in [5, 5.41) is 0. The molecule has 0 bridgehead atoms. The van der Waals surface area contributed by atoms with E-state index in [4.69, 9.17) is 0 Å². The van der Waals surface area contributed by atoms with Crippen LogP contribution < -0.4 is 0 Å². The molecule has 0 atom stereocenters. The van der Waals surface area contributed by atoms with E-state index >= 15 is 0 Å². The van der Waals surface area contributed by atoms with Crippen LogP contribution >= 0.6 is 0 Å². The Bertz CT molecular complexity index is 365. The summed E-state index contributed by atoms with van der Waals surface area (Å²) in [5.74, 6) is 1.25. The fraction of sp³-hybridized carbons (Fsp3) is 0.100. The van der Waals surface area contributed by atoms with Crippen LogP contribution in [0.2, 0.25) is 0 Å². The van der Waals surface area contributed by atoms with Gasteiger partial charge in [-0.2, -0.15) is 0 Å². The van der Waals surface area contributed by atoms with E-state index in [2.05, 4.69) is 6.58 Å². The fourth-order valence-corrected chi connectivity index (χ4v) is 1.95. The predicted octanol–water partition coefficient (Wildman–Crippen LogP) is 1.80. The molecule has 0 amide bonds. The number of hydrogen-bond donors (Lipinski definition) is 0. The standard InChI is InChI=1S/C10H11O2S/c1-2-8-13(11,12)9-10-6-4-3-5-7-10/h2-7,9H,1,8H2. The second-order valence-corrected chi connectivity index (χ2v) is 4.54. The van der Waals surface area contributed by atoms with Gasteiger partial charge in [0.05, 0.1) is 5.75 Å². The highest BCUT2D eigenvalue weighted by Crippen LogP contribution is 2.08. The minimum absolute atomic E-state index is 0.0120. The minimum Gasteiger partial charge on any atom is -0.228 e. The van der Waals surface area contributed by atoms with Crippen molar-refractivity contribution in [3.05, 3.63) is 54.3 Å². The quantitative estimate of drug-likeness (QED) is 0.686. The Kier molecular flexibility index (Phi) is 3.25. The molecule has 0 fully saturated rings.